The molecule has 4 nitrogen and oxygen atoms in total. The van der Waals surface area contributed by atoms with E-state index >= 15 is 0 Å². The van der Waals surface area contributed by atoms with E-state index in [0.717, 1.165) is 17.7 Å². The van der Waals surface area contributed by atoms with Gasteiger partial charge in [-0.15, -0.1) is 0 Å². The van der Waals surface area contributed by atoms with Crippen LogP contribution >= 0.6 is 0 Å². The Balaban J connectivity index is 0.000000924. The standard InChI is InChI=1S/C14H12F3N3O.C2H6/c1-9-8-18-20-7-6-19(13(21)12(9)20)11-4-2-10(3-5-11)14(15,16)17;1-2/h2-5,8H,6-7H2,1H3;1-2H3. The quantitative estimate of drug-likeness (QED) is 0.797. The topological polar surface area (TPSA) is 38.1 Å². The fraction of sp³-hybridized carbons (Fsp3) is 0.375. The second kappa shape index (κ2) is 6.44. The minimum absolute atomic E-state index is 0.240. The summed E-state index contributed by atoms with van der Waals surface area (Å²) in [7, 11) is 0. The molecule has 0 aliphatic carbocycles. The van der Waals surface area contributed by atoms with E-state index in [9.17, 15) is 18.0 Å². The van der Waals surface area contributed by atoms with E-state index in [2.05, 4.69) is 5.10 Å². The van der Waals surface area contributed by atoms with Gasteiger partial charge in [-0.25, -0.2) is 0 Å². The summed E-state index contributed by atoms with van der Waals surface area (Å²) < 4.78 is 39.3. The highest BCUT2D eigenvalue weighted by Gasteiger charge is 2.32. The van der Waals surface area contributed by atoms with Crippen LogP contribution in [0.25, 0.3) is 0 Å². The summed E-state index contributed by atoms with van der Waals surface area (Å²) in [5.74, 6) is -0.240. The van der Waals surface area contributed by atoms with E-state index in [1.54, 1.807) is 17.8 Å². The number of alkyl halides is 3. The summed E-state index contributed by atoms with van der Waals surface area (Å²) in [6.45, 7) is 6.70. The molecular weight excluding hydrogens is 307 g/mol. The van der Waals surface area contributed by atoms with Crippen LogP contribution < -0.4 is 4.90 Å². The molecular formula is C16H18F3N3O. The van der Waals surface area contributed by atoms with Crippen molar-refractivity contribution in [2.45, 2.75) is 33.5 Å². The summed E-state index contributed by atoms with van der Waals surface area (Å²) in [6, 6.07) is 4.62. The second-order valence-corrected chi connectivity index (χ2v) is 4.90. The van der Waals surface area contributed by atoms with Gasteiger partial charge in [0.2, 0.25) is 0 Å². The first-order valence-electron chi connectivity index (χ1n) is 7.39. The Labute approximate surface area is 132 Å². The first kappa shape index (κ1) is 17.1. The number of amides is 1. The first-order valence-corrected chi connectivity index (χ1v) is 7.39. The zero-order valence-electron chi connectivity index (χ0n) is 13.2. The molecule has 1 aliphatic heterocycles. The summed E-state index contributed by atoms with van der Waals surface area (Å²) >= 11 is 0. The van der Waals surface area contributed by atoms with Crippen LogP contribution in [0.2, 0.25) is 0 Å². The SMILES string of the molecule is CC.Cc1cnn2c1C(=O)N(c1ccc(C(F)(F)F)cc1)CC2. The van der Waals surface area contributed by atoms with E-state index in [1.807, 2.05) is 13.8 Å². The number of nitrogens with zero attached hydrogens (tertiary/aromatic N) is 3. The maximum atomic E-state index is 12.6. The van der Waals surface area contributed by atoms with Gasteiger partial charge in [0.05, 0.1) is 18.3 Å². The molecule has 23 heavy (non-hydrogen) atoms. The van der Waals surface area contributed by atoms with Crippen molar-refractivity contribution < 1.29 is 18.0 Å². The summed E-state index contributed by atoms with van der Waals surface area (Å²) in [5, 5.41) is 4.10. The molecule has 2 aromatic rings. The number of benzene rings is 1. The van der Waals surface area contributed by atoms with Crippen LogP contribution in [0.15, 0.2) is 30.5 Å². The van der Waals surface area contributed by atoms with Gasteiger partial charge in [0, 0.05) is 17.8 Å². The van der Waals surface area contributed by atoms with Gasteiger partial charge in [0.1, 0.15) is 5.69 Å². The fourth-order valence-corrected chi connectivity index (χ4v) is 2.43. The van der Waals surface area contributed by atoms with Crippen molar-refractivity contribution in [2.24, 2.45) is 0 Å². The number of aryl methyl sites for hydroxylation is 1. The molecule has 0 spiro atoms. The Morgan fingerprint density at radius 1 is 1.09 bits per heavy atom. The number of rotatable bonds is 1. The molecule has 2 heterocycles. The lowest BCUT2D eigenvalue weighted by Gasteiger charge is -2.28. The predicted molar refractivity (Wildman–Crippen MR) is 81.4 cm³/mol. The molecule has 0 atom stereocenters. The van der Waals surface area contributed by atoms with E-state index in [1.165, 1.54) is 17.0 Å². The predicted octanol–water partition coefficient (Wildman–Crippen LogP) is 3.90. The molecule has 0 fully saturated rings. The minimum Gasteiger partial charge on any atom is -0.305 e. The average Bonchev–Trinajstić information content (AvgIpc) is 2.91. The van der Waals surface area contributed by atoms with Crippen LogP contribution in [-0.2, 0) is 12.7 Å². The van der Waals surface area contributed by atoms with Gasteiger partial charge < -0.3 is 4.90 Å². The number of anilines is 1. The van der Waals surface area contributed by atoms with Gasteiger partial charge in [0.25, 0.3) is 5.91 Å². The van der Waals surface area contributed by atoms with Gasteiger partial charge >= 0.3 is 6.18 Å². The fourth-order valence-electron chi connectivity index (χ4n) is 2.43. The zero-order chi connectivity index (χ0) is 17.2. The highest BCUT2D eigenvalue weighted by Crippen LogP contribution is 2.31. The zero-order valence-corrected chi connectivity index (χ0v) is 13.2. The lowest BCUT2D eigenvalue weighted by molar-refractivity contribution is -0.137. The van der Waals surface area contributed by atoms with Crippen LogP contribution in [0.3, 0.4) is 0 Å². The number of halogens is 3. The molecule has 0 unspecified atom stereocenters. The molecule has 3 rings (SSSR count). The Morgan fingerprint density at radius 3 is 2.26 bits per heavy atom. The number of hydrogen-bond donors (Lipinski definition) is 0. The highest BCUT2D eigenvalue weighted by atomic mass is 19.4. The number of hydrogen-bond acceptors (Lipinski definition) is 2. The van der Waals surface area contributed by atoms with Gasteiger partial charge in [-0.05, 0) is 31.2 Å². The van der Waals surface area contributed by atoms with Gasteiger partial charge in [-0.3, -0.25) is 9.48 Å². The molecule has 1 aromatic heterocycles. The Morgan fingerprint density at radius 2 is 1.70 bits per heavy atom. The van der Waals surface area contributed by atoms with Crippen molar-refractivity contribution >= 4 is 11.6 Å². The van der Waals surface area contributed by atoms with E-state index in [0.29, 0.717) is 24.5 Å². The molecule has 0 N–H and O–H groups in total. The molecule has 1 amide bonds. The summed E-state index contributed by atoms with van der Waals surface area (Å²) in [6.07, 6.45) is -2.76. The van der Waals surface area contributed by atoms with Gasteiger partial charge in [0.15, 0.2) is 0 Å². The molecule has 1 aliphatic rings. The molecule has 7 heteroatoms. The molecule has 0 radical (unpaired) electrons. The first-order chi connectivity index (χ1) is 10.9. The maximum Gasteiger partial charge on any atom is 0.416 e. The van der Waals surface area contributed by atoms with Gasteiger partial charge in [-0.2, -0.15) is 18.3 Å². The van der Waals surface area contributed by atoms with Crippen molar-refractivity contribution in [3.8, 4) is 0 Å². The van der Waals surface area contributed by atoms with E-state index in [4.69, 9.17) is 0 Å². The lowest BCUT2D eigenvalue weighted by Crippen LogP contribution is -2.40. The lowest BCUT2D eigenvalue weighted by atomic mass is 10.1. The third-order valence-electron chi connectivity index (χ3n) is 3.51. The molecule has 124 valence electrons. The van der Waals surface area contributed by atoms with Crippen LogP contribution in [0, 0.1) is 6.92 Å². The minimum atomic E-state index is -4.38. The Bertz CT molecular complexity index is 690. The number of carbonyl (C=O) groups is 1. The summed E-state index contributed by atoms with van der Waals surface area (Å²) in [4.78, 5) is 13.9. The highest BCUT2D eigenvalue weighted by molar-refractivity contribution is 6.06. The Hall–Kier alpha value is -2.31. The number of fused-ring (bicyclic) bond motifs is 1. The second-order valence-electron chi connectivity index (χ2n) is 4.90. The van der Waals surface area contributed by atoms with Crippen LogP contribution in [0.1, 0.15) is 35.5 Å². The molecule has 0 saturated carbocycles. The normalized spacial score (nSPS) is 14.2. The van der Waals surface area contributed by atoms with Crippen molar-refractivity contribution in [1.29, 1.82) is 0 Å². The number of aromatic nitrogens is 2. The molecule has 1 aromatic carbocycles. The smallest absolute Gasteiger partial charge is 0.305 e. The van der Waals surface area contributed by atoms with E-state index in [-0.39, 0.29) is 5.91 Å². The third-order valence-corrected chi connectivity index (χ3v) is 3.51. The monoisotopic (exact) mass is 325 g/mol. The molecule has 0 saturated heterocycles. The summed E-state index contributed by atoms with van der Waals surface area (Å²) in [5.41, 5.74) is 0.981. The van der Waals surface area contributed by atoms with Crippen molar-refractivity contribution in [1.82, 2.24) is 9.78 Å². The van der Waals surface area contributed by atoms with Crippen molar-refractivity contribution in [2.75, 3.05) is 11.4 Å². The average molecular weight is 325 g/mol. The Kier molecular flexibility index (Phi) is 4.77. The maximum absolute atomic E-state index is 12.6. The van der Waals surface area contributed by atoms with Gasteiger partial charge in [-0.1, -0.05) is 13.8 Å². The van der Waals surface area contributed by atoms with Crippen LogP contribution in [0.5, 0.6) is 0 Å². The molecule has 0 bridgehead atoms. The van der Waals surface area contributed by atoms with Crippen molar-refractivity contribution in [3.05, 3.63) is 47.3 Å². The largest absolute Gasteiger partial charge is 0.416 e. The third kappa shape index (κ3) is 3.23. The van der Waals surface area contributed by atoms with Crippen molar-refractivity contribution in [3.63, 3.8) is 0 Å². The number of carbonyl (C=O) groups excluding carboxylic acids is 1. The van der Waals surface area contributed by atoms with Crippen LogP contribution in [0.4, 0.5) is 18.9 Å². The van der Waals surface area contributed by atoms with Crippen LogP contribution in [-0.4, -0.2) is 22.2 Å². The van der Waals surface area contributed by atoms with E-state index < -0.39 is 11.7 Å².